The highest BCUT2D eigenvalue weighted by Crippen LogP contribution is 2.57. The van der Waals surface area contributed by atoms with E-state index < -0.39 is 53.1 Å². The number of esters is 2. The zero-order valence-corrected chi connectivity index (χ0v) is 21.2. The molecular weight excluding hydrogens is 481 g/mol. The summed E-state index contributed by atoms with van der Waals surface area (Å²) in [6.45, 7) is 6.45. The third-order valence-electron chi connectivity index (χ3n) is 6.80. The van der Waals surface area contributed by atoms with E-state index in [9.17, 15) is 19.2 Å². The lowest BCUT2D eigenvalue weighted by Crippen LogP contribution is -2.52. The molecule has 2 aromatic rings. The summed E-state index contributed by atoms with van der Waals surface area (Å²) in [4.78, 5) is 52.9. The third kappa shape index (κ3) is 4.95. The predicted molar refractivity (Wildman–Crippen MR) is 129 cm³/mol. The second-order valence-corrected chi connectivity index (χ2v) is 10.2. The number of ether oxygens (including phenoxy) is 3. The van der Waals surface area contributed by atoms with Crippen LogP contribution < -0.4 is 0 Å². The van der Waals surface area contributed by atoms with Crippen molar-refractivity contribution in [3.05, 3.63) is 71.8 Å². The predicted octanol–water partition coefficient (Wildman–Crippen LogP) is 4.21. The molecule has 1 saturated carbocycles. The summed E-state index contributed by atoms with van der Waals surface area (Å²) < 4.78 is 32.4. The van der Waals surface area contributed by atoms with Crippen LogP contribution in [-0.4, -0.2) is 46.2 Å². The van der Waals surface area contributed by atoms with E-state index in [0.29, 0.717) is 16.0 Å². The van der Waals surface area contributed by atoms with Crippen LogP contribution in [-0.2, 0) is 41.8 Å². The SMILES string of the molecule is CC(C)[C@@H]1N(C(=O)C2(F)C(C(=O)OCc3ccccc3)C2C(=O)OCc2ccccc2)C(=O)OC1(C)C. The largest absolute Gasteiger partial charge is 0.460 e. The first-order chi connectivity index (χ1) is 17.5. The van der Waals surface area contributed by atoms with Crippen molar-refractivity contribution >= 4 is 23.9 Å². The van der Waals surface area contributed by atoms with E-state index >= 15 is 4.39 Å². The number of carbonyl (C=O) groups excluding carboxylic acids is 4. The number of halogens is 1. The van der Waals surface area contributed by atoms with Crippen LogP contribution in [0.2, 0.25) is 0 Å². The molecular formula is C28H30FNO7. The standard InChI is InChI=1S/C28H30FNO7/c1-17(2)22-27(3,4)37-26(34)30(22)25(33)28(29)20(23(31)35-15-18-11-7-5-8-12-18)21(28)24(32)36-16-19-13-9-6-10-14-19/h5-14,17,20-22H,15-16H2,1-4H3/t20?,21?,22-,28?/m0/s1. The molecule has 0 aromatic heterocycles. The van der Waals surface area contributed by atoms with E-state index in [-0.39, 0.29) is 19.1 Å². The summed E-state index contributed by atoms with van der Waals surface area (Å²) in [7, 11) is 0. The fraction of sp³-hybridized carbons (Fsp3) is 0.429. The molecule has 2 amide bonds. The molecule has 1 saturated heterocycles. The first kappa shape index (κ1) is 26.3. The minimum Gasteiger partial charge on any atom is -0.460 e. The quantitative estimate of drug-likeness (QED) is 0.387. The highest BCUT2D eigenvalue weighted by atomic mass is 19.1. The third-order valence-corrected chi connectivity index (χ3v) is 6.80. The van der Waals surface area contributed by atoms with Crippen LogP contribution in [0.3, 0.4) is 0 Å². The second kappa shape index (κ2) is 9.95. The average Bonchev–Trinajstić information content (AvgIpc) is 3.42. The number of alkyl halides is 1. The highest BCUT2D eigenvalue weighted by Gasteiger charge is 2.81. The minimum atomic E-state index is -3.01. The summed E-state index contributed by atoms with van der Waals surface area (Å²) in [6.07, 6.45) is -1.02. The molecule has 1 aliphatic carbocycles. The van der Waals surface area contributed by atoms with Gasteiger partial charge in [0.25, 0.3) is 5.91 Å². The Labute approximate surface area is 214 Å². The second-order valence-electron chi connectivity index (χ2n) is 10.2. The number of nitrogens with zero attached hydrogens (tertiary/aromatic N) is 1. The van der Waals surface area contributed by atoms with E-state index in [1.165, 1.54) is 0 Å². The molecule has 2 aliphatic rings. The molecule has 1 aliphatic heterocycles. The van der Waals surface area contributed by atoms with E-state index in [4.69, 9.17) is 14.2 Å². The van der Waals surface area contributed by atoms with Gasteiger partial charge in [0.05, 0.1) is 6.04 Å². The fourth-order valence-corrected chi connectivity index (χ4v) is 5.13. The molecule has 196 valence electrons. The Morgan fingerprint density at radius 1 is 0.892 bits per heavy atom. The molecule has 1 heterocycles. The Bertz CT molecular complexity index is 1120. The summed E-state index contributed by atoms with van der Waals surface area (Å²) >= 11 is 0. The van der Waals surface area contributed by atoms with E-state index in [1.54, 1.807) is 88.4 Å². The zero-order valence-electron chi connectivity index (χ0n) is 21.2. The van der Waals surface area contributed by atoms with Gasteiger partial charge >= 0.3 is 18.0 Å². The molecule has 0 radical (unpaired) electrons. The number of cyclic esters (lactones) is 1. The van der Waals surface area contributed by atoms with E-state index in [2.05, 4.69) is 0 Å². The number of benzene rings is 2. The van der Waals surface area contributed by atoms with Gasteiger partial charge in [-0.25, -0.2) is 14.1 Å². The lowest BCUT2D eigenvalue weighted by atomic mass is 9.88. The van der Waals surface area contributed by atoms with Crippen molar-refractivity contribution in [2.24, 2.45) is 17.8 Å². The van der Waals surface area contributed by atoms with Gasteiger partial charge < -0.3 is 14.2 Å². The molecule has 37 heavy (non-hydrogen) atoms. The zero-order chi connectivity index (χ0) is 27.0. The smallest absolute Gasteiger partial charge is 0.417 e. The maximum atomic E-state index is 16.5. The number of hydrogen-bond acceptors (Lipinski definition) is 7. The molecule has 2 fully saturated rings. The fourth-order valence-electron chi connectivity index (χ4n) is 5.13. The Morgan fingerprint density at radius 2 is 1.32 bits per heavy atom. The van der Waals surface area contributed by atoms with Crippen molar-refractivity contribution in [2.75, 3.05) is 0 Å². The lowest BCUT2D eigenvalue weighted by molar-refractivity contribution is -0.152. The molecule has 9 heteroatoms. The molecule has 8 nitrogen and oxygen atoms in total. The Morgan fingerprint density at radius 3 is 1.73 bits per heavy atom. The topological polar surface area (TPSA) is 99.2 Å². The summed E-state index contributed by atoms with van der Waals surface area (Å²) in [6, 6.07) is 16.6. The van der Waals surface area contributed by atoms with Crippen molar-refractivity contribution in [1.82, 2.24) is 4.90 Å². The van der Waals surface area contributed by atoms with Gasteiger partial charge in [-0.2, -0.15) is 0 Å². The van der Waals surface area contributed by atoms with E-state index in [0.717, 1.165) is 0 Å². The first-order valence-electron chi connectivity index (χ1n) is 12.1. The van der Waals surface area contributed by atoms with Crippen LogP contribution in [0, 0.1) is 17.8 Å². The van der Waals surface area contributed by atoms with Crippen molar-refractivity contribution in [2.45, 2.75) is 58.2 Å². The van der Waals surface area contributed by atoms with E-state index in [1.807, 2.05) is 0 Å². The Hall–Kier alpha value is -3.75. The maximum absolute atomic E-state index is 16.5. The molecule has 2 aromatic carbocycles. The first-order valence-corrected chi connectivity index (χ1v) is 12.1. The van der Waals surface area contributed by atoms with Gasteiger partial charge in [-0.1, -0.05) is 74.5 Å². The lowest BCUT2D eigenvalue weighted by Gasteiger charge is -2.31. The van der Waals surface area contributed by atoms with Gasteiger partial charge in [-0.15, -0.1) is 0 Å². The van der Waals surface area contributed by atoms with Crippen LogP contribution in [0.4, 0.5) is 9.18 Å². The number of rotatable bonds is 8. The molecule has 0 bridgehead atoms. The highest BCUT2D eigenvalue weighted by molar-refractivity contribution is 6.09. The van der Waals surface area contributed by atoms with Gasteiger partial charge in [0.15, 0.2) is 0 Å². The van der Waals surface area contributed by atoms with Gasteiger partial charge in [0.2, 0.25) is 5.67 Å². The number of imide groups is 1. The van der Waals surface area contributed by atoms with Gasteiger partial charge in [0, 0.05) is 0 Å². The van der Waals surface area contributed by atoms with Gasteiger partial charge in [-0.3, -0.25) is 14.4 Å². The number of carbonyl (C=O) groups is 4. The molecule has 3 atom stereocenters. The monoisotopic (exact) mass is 511 g/mol. The molecule has 0 N–H and O–H groups in total. The van der Waals surface area contributed by atoms with Gasteiger partial charge in [-0.05, 0) is 30.9 Å². The molecule has 2 unspecified atom stereocenters. The maximum Gasteiger partial charge on any atom is 0.417 e. The summed E-state index contributed by atoms with van der Waals surface area (Å²) in [5.74, 6) is -7.21. The van der Waals surface area contributed by atoms with Crippen LogP contribution in [0.5, 0.6) is 0 Å². The summed E-state index contributed by atoms with van der Waals surface area (Å²) in [5, 5.41) is 0. The van der Waals surface area contributed by atoms with Crippen molar-refractivity contribution in [3.8, 4) is 0 Å². The summed E-state index contributed by atoms with van der Waals surface area (Å²) in [5.41, 5.74) is -2.78. The van der Waals surface area contributed by atoms with Crippen LogP contribution >= 0.6 is 0 Å². The van der Waals surface area contributed by atoms with Crippen LogP contribution in [0.25, 0.3) is 0 Å². The number of amides is 2. The van der Waals surface area contributed by atoms with Crippen molar-refractivity contribution in [1.29, 1.82) is 0 Å². The minimum absolute atomic E-state index is 0.167. The normalized spacial score (nSPS) is 25.9. The van der Waals surface area contributed by atoms with Crippen molar-refractivity contribution < 1.29 is 37.8 Å². The van der Waals surface area contributed by atoms with Crippen LogP contribution in [0.15, 0.2) is 60.7 Å². The Kier molecular flexibility index (Phi) is 7.08. The van der Waals surface area contributed by atoms with Gasteiger partial charge in [0.1, 0.15) is 30.7 Å². The number of hydrogen-bond donors (Lipinski definition) is 0. The van der Waals surface area contributed by atoms with Crippen molar-refractivity contribution in [3.63, 3.8) is 0 Å². The molecule has 0 spiro atoms. The van der Waals surface area contributed by atoms with Crippen LogP contribution in [0.1, 0.15) is 38.8 Å². The Balaban J connectivity index is 1.58. The molecule has 4 rings (SSSR count). The average molecular weight is 512 g/mol.